The van der Waals surface area contributed by atoms with Crippen molar-refractivity contribution < 1.29 is 4.79 Å². The number of aromatic nitrogens is 3. The first-order chi connectivity index (χ1) is 9.11. The lowest BCUT2D eigenvalue weighted by Gasteiger charge is -2.25. The number of H-pyrrole nitrogens is 1. The number of nitrogens with zero attached hydrogens (tertiary/aromatic N) is 3. The predicted octanol–water partition coefficient (Wildman–Crippen LogP) is 2.86. The number of hydrogen-bond donors (Lipinski definition) is 1. The molecular weight excluding hydrogens is 252 g/mol. The minimum atomic E-state index is -0.132. The molecule has 0 spiro atoms. The molecule has 5 nitrogen and oxygen atoms in total. The highest BCUT2D eigenvalue weighted by molar-refractivity contribution is 5.90. The SMILES string of the molecule is CC(C)CN(CC(C)C)C(=O)c1n[nH]c(C(C)(C)C)n1. The van der Waals surface area contributed by atoms with Crippen molar-refractivity contribution in [1.29, 1.82) is 0 Å². The number of nitrogens with one attached hydrogen (secondary N) is 1. The maximum atomic E-state index is 12.5. The average Bonchev–Trinajstić information content (AvgIpc) is 2.74. The van der Waals surface area contributed by atoms with Crippen LogP contribution in [0.4, 0.5) is 0 Å². The molecule has 0 atom stereocenters. The van der Waals surface area contributed by atoms with Gasteiger partial charge in [0.15, 0.2) is 0 Å². The van der Waals surface area contributed by atoms with Gasteiger partial charge in [-0.05, 0) is 11.8 Å². The minimum Gasteiger partial charge on any atom is -0.335 e. The highest BCUT2D eigenvalue weighted by atomic mass is 16.2. The van der Waals surface area contributed by atoms with Gasteiger partial charge in [-0.3, -0.25) is 9.89 Å². The van der Waals surface area contributed by atoms with Gasteiger partial charge in [-0.15, -0.1) is 5.10 Å². The number of amides is 1. The maximum Gasteiger partial charge on any atom is 0.293 e. The van der Waals surface area contributed by atoms with Crippen molar-refractivity contribution in [2.24, 2.45) is 11.8 Å². The molecule has 1 aromatic heterocycles. The van der Waals surface area contributed by atoms with Crippen LogP contribution in [0.2, 0.25) is 0 Å². The molecule has 1 amide bonds. The molecule has 0 aliphatic heterocycles. The maximum absolute atomic E-state index is 12.5. The van der Waals surface area contributed by atoms with Gasteiger partial charge in [0.2, 0.25) is 5.82 Å². The molecule has 0 saturated heterocycles. The fourth-order valence-electron chi connectivity index (χ4n) is 1.96. The van der Waals surface area contributed by atoms with Gasteiger partial charge >= 0.3 is 0 Å². The van der Waals surface area contributed by atoms with Gasteiger partial charge in [0, 0.05) is 18.5 Å². The summed E-state index contributed by atoms with van der Waals surface area (Å²) in [5, 5.41) is 6.97. The summed E-state index contributed by atoms with van der Waals surface area (Å²) in [6.07, 6.45) is 0. The molecule has 0 bridgehead atoms. The van der Waals surface area contributed by atoms with E-state index in [1.165, 1.54) is 0 Å². The Balaban J connectivity index is 2.91. The van der Waals surface area contributed by atoms with Crippen molar-refractivity contribution in [3.05, 3.63) is 11.6 Å². The zero-order chi connectivity index (χ0) is 15.5. The van der Waals surface area contributed by atoms with Gasteiger partial charge in [0.25, 0.3) is 5.91 Å². The van der Waals surface area contributed by atoms with Crippen molar-refractivity contribution in [1.82, 2.24) is 20.1 Å². The molecule has 1 aromatic rings. The summed E-state index contributed by atoms with van der Waals surface area (Å²) >= 11 is 0. The standard InChI is InChI=1S/C15H28N4O/c1-10(2)8-19(9-11(3)4)13(20)12-16-14(18-17-12)15(5,6)7/h10-11H,8-9H2,1-7H3,(H,16,17,18). The summed E-state index contributed by atoms with van der Waals surface area (Å²) in [7, 11) is 0. The van der Waals surface area contributed by atoms with Crippen LogP contribution in [0.15, 0.2) is 0 Å². The minimum absolute atomic E-state index is 0.0841. The summed E-state index contributed by atoms with van der Waals surface area (Å²) in [4.78, 5) is 18.7. The molecule has 5 heteroatoms. The van der Waals surface area contributed by atoms with E-state index in [1.807, 2.05) is 25.7 Å². The number of carbonyl (C=O) groups is 1. The number of carbonyl (C=O) groups excluding carboxylic acids is 1. The Bertz CT molecular complexity index is 433. The van der Waals surface area contributed by atoms with Crippen LogP contribution in [0.25, 0.3) is 0 Å². The van der Waals surface area contributed by atoms with E-state index in [0.29, 0.717) is 11.8 Å². The molecule has 1 rings (SSSR count). The van der Waals surface area contributed by atoms with Gasteiger partial charge in [0.1, 0.15) is 5.82 Å². The van der Waals surface area contributed by atoms with Gasteiger partial charge in [-0.1, -0.05) is 48.5 Å². The largest absolute Gasteiger partial charge is 0.335 e. The van der Waals surface area contributed by atoms with Crippen molar-refractivity contribution in [3.8, 4) is 0 Å². The lowest BCUT2D eigenvalue weighted by Crippen LogP contribution is -2.37. The van der Waals surface area contributed by atoms with Gasteiger partial charge < -0.3 is 4.90 Å². The molecule has 114 valence electrons. The van der Waals surface area contributed by atoms with Crippen LogP contribution < -0.4 is 0 Å². The molecule has 0 aromatic carbocycles. The molecule has 0 unspecified atom stereocenters. The van der Waals surface area contributed by atoms with Crippen LogP contribution in [0.5, 0.6) is 0 Å². The molecule has 0 aliphatic rings. The normalized spacial score (nSPS) is 12.2. The van der Waals surface area contributed by atoms with E-state index in [1.54, 1.807) is 0 Å². The summed E-state index contributed by atoms with van der Waals surface area (Å²) in [6, 6.07) is 0. The Kier molecular flexibility index (Phi) is 5.31. The monoisotopic (exact) mass is 280 g/mol. The zero-order valence-corrected chi connectivity index (χ0v) is 13.8. The van der Waals surface area contributed by atoms with E-state index in [-0.39, 0.29) is 17.1 Å². The van der Waals surface area contributed by atoms with Crippen LogP contribution in [-0.4, -0.2) is 39.1 Å². The number of aromatic amines is 1. The Morgan fingerprint density at radius 2 is 1.65 bits per heavy atom. The van der Waals surface area contributed by atoms with Crippen LogP contribution in [0.3, 0.4) is 0 Å². The van der Waals surface area contributed by atoms with E-state index in [9.17, 15) is 4.79 Å². The molecule has 1 N–H and O–H groups in total. The fourth-order valence-corrected chi connectivity index (χ4v) is 1.96. The first kappa shape index (κ1) is 16.7. The molecule has 1 heterocycles. The molecule has 0 aliphatic carbocycles. The lowest BCUT2D eigenvalue weighted by atomic mass is 9.96. The topological polar surface area (TPSA) is 61.9 Å². The lowest BCUT2D eigenvalue weighted by molar-refractivity contribution is 0.0703. The zero-order valence-electron chi connectivity index (χ0n) is 13.8. The molecule has 20 heavy (non-hydrogen) atoms. The average molecular weight is 280 g/mol. The van der Waals surface area contributed by atoms with Crippen molar-refractivity contribution in [2.75, 3.05) is 13.1 Å². The van der Waals surface area contributed by atoms with Crippen LogP contribution >= 0.6 is 0 Å². The first-order valence-corrected chi connectivity index (χ1v) is 7.33. The molecule has 0 radical (unpaired) electrons. The van der Waals surface area contributed by atoms with Crippen molar-refractivity contribution in [3.63, 3.8) is 0 Å². The summed E-state index contributed by atoms with van der Waals surface area (Å²) in [5.74, 6) is 1.79. The predicted molar refractivity (Wildman–Crippen MR) is 80.7 cm³/mol. The molecule has 0 saturated carbocycles. The van der Waals surface area contributed by atoms with Crippen LogP contribution in [-0.2, 0) is 5.41 Å². The van der Waals surface area contributed by atoms with E-state index in [0.717, 1.165) is 18.9 Å². The van der Waals surface area contributed by atoms with Gasteiger partial charge in [0.05, 0.1) is 0 Å². The van der Waals surface area contributed by atoms with Crippen molar-refractivity contribution in [2.45, 2.75) is 53.9 Å². The van der Waals surface area contributed by atoms with E-state index in [2.05, 4.69) is 42.9 Å². The Hall–Kier alpha value is -1.39. The summed E-state index contributed by atoms with van der Waals surface area (Å²) in [6.45, 7) is 16.0. The van der Waals surface area contributed by atoms with Gasteiger partial charge in [-0.2, -0.15) is 0 Å². The summed E-state index contributed by atoms with van der Waals surface area (Å²) < 4.78 is 0. The number of hydrogen-bond acceptors (Lipinski definition) is 3. The molecular formula is C15H28N4O. The highest BCUT2D eigenvalue weighted by Crippen LogP contribution is 2.18. The van der Waals surface area contributed by atoms with Gasteiger partial charge in [-0.25, -0.2) is 4.98 Å². The van der Waals surface area contributed by atoms with Crippen LogP contribution in [0, 0.1) is 11.8 Å². The second-order valence-electron chi connectivity index (χ2n) is 7.26. The van der Waals surface area contributed by atoms with E-state index < -0.39 is 0 Å². The Morgan fingerprint density at radius 3 is 2.00 bits per heavy atom. The first-order valence-electron chi connectivity index (χ1n) is 7.33. The van der Waals surface area contributed by atoms with E-state index >= 15 is 0 Å². The molecule has 0 fully saturated rings. The highest BCUT2D eigenvalue weighted by Gasteiger charge is 2.25. The third-order valence-electron chi connectivity index (χ3n) is 2.85. The van der Waals surface area contributed by atoms with Crippen molar-refractivity contribution >= 4 is 5.91 Å². The third kappa shape index (κ3) is 4.62. The van der Waals surface area contributed by atoms with Crippen LogP contribution in [0.1, 0.15) is 64.9 Å². The third-order valence-corrected chi connectivity index (χ3v) is 2.85. The second-order valence-corrected chi connectivity index (χ2v) is 7.26. The Labute approximate surface area is 122 Å². The second kappa shape index (κ2) is 6.37. The Morgan fingerprint density at radius 1 is 1.15 bits per heavy atom. The quantitative estimate of drug-likeness (QED) is 0.902. The fraction of sp³-hybridized carbons (Fsp3) is 0.800. The van der Waals surface area contributed by atoms with E-state index in [4.69, 9.17) is 0 Å². The number of rotatable bonds is 5. The summed E-state index contributed by atoms with van der Waals surface area (Å²) in [5.41, 5.74) is -0.132. The smallest absolute Gasteiger partial charge is 0.293 e.